The molecule has 16 nitrogen and oxygen atoms in total. The molecule has 19 heteroatoms. The third kappa shape index (κ3) is 17.0. The zero-order valence-electron chi connectivity index (χ0n) is 45.3. The van der Waals surface area contributed by atoms with Crippen LogP contribution in [0.25, 0.3) is 22.3 Å². The van der Waals surface area contributed by atoms with Crippen molar-refractivity contribution in [1.29, 1.82) is 0 Å². The predicted octanol–water partition coefficient (Wildman–Crippen LogP) is 5.88. The Morgan fingerprint density at radius 3 is 1.29 bits per heavy atom. The van der Waals surface area contributed by atoms with Gasteiger partial charge in [0.1, 0.15) is 23.7 Å². The number of carboxylic acid groups (broad SMARTS) is 1. The Kier molecular flexibility index (Phi) is 25.0. The molecule has 0 aliphatic heterocycles. The van der Waals surface area contributed by atoms with E-state index in [1.54, 1.807) is 18.6 Å². The summed E-state index contributed by atoms with van der Waals surface area (Å²) in [4.78, 5) is 85.1. The van der Waals surface area contributed by atoms with E-state index < -0.39 is 70.7 Å². The number of benzene rings is 2. The van der Waals surface area contributed by atoms with Gasteiger partial charge in [-0.3, -0.25) is 38.7 Å². The van der Waals surface area contributed by atoms with Crippen molar-refractivity contribution in [3.8, 4) is 22.3 Å². The van der Waals surface area contributed by atoms with Crippen LogP contribution in [0.1, 0.15) is 122 Å². The number of aromatic nitrogens is 4. The first kappa shape index (κ1) is 65.0. The summed E-state index contributed by atoms with van der Waals surface area (Å²) in [5, 5.41) is 15.3. The van der Waals surface area contributed by atoms with Crippen LogP contribution in [-0.2, 0) is 23.9 Å². The van der Waals surface area contributed by atoms with E-state index in [0.29, 0.717) is 17.5 Å². The maximum absolute atomic E-state index is 14.4. The zero-order chi connectivity index (χ0) is 53.8. The molecule has 0 bridgehead atoms. The monoisotopic (exact) mass is 1040 g/mol. The summed E-state index contributed by atoms with van der Waals surface area (Å²) in [6, 6.07) is 14.4. The van der Waals surface area contributed by atoms with Crippen molar-refractivity contribution in [3.63, 3.8) is 0 Å². The third-order valence-electron chi connectivity index (χ3n) is 12.6. The molecule has 6 aromatic rings. The summed E-state index contributed by atoms with van der Waals surface area (Å²) in [5.41, 5.74) is 8.50. The molecule has 2 unspecified atom stereocenters. The van der Waals surface area contributed by atoms with Gasteiger partial charge in [-0.05, 0) is 134 Å². The van der Waals surface area contributed by atoms with Gasteiger partial charge in [0, 0.05) is 60.4 Å². The summed E-state index contributed by atoms with van der Waals surface area (Å²) >= 11 is 0. The SMILES string of the molecule is COC(=O)C[C@H](NC(=O)C(CC(C)C)n1cc(F)c(C)cc1=O)c1cncc(-c2c(C)cccc2C)c1.Cc1cc(=O)n(C(CC(C)C)C(=O)N[C@@H](CC(=O)O)c2cncc(-c3c(C)cccc3C)c2)cc1F.O.[Li+].[OH-]. The fraction of sp³-hybridized carbons (Fsp3) is 0.368. The number of ether oxygens (including phenoxy) is 1. The Bertz CT molecular complexity index is 3070. The molecule has 4 atom stereocenters. The standard InChI is InChI=1S/C29H34FN3O4.C28H32FN3O4.Li.2H2O/c1-17(2)10-25(33-16-23(30)20(5)11-26(33)34)29(36)32-24(13-27(35)37-6)21-12-22(15-31-14-21)28-18(3)8-7-9-19(28)4;1-16(2)9-24(32-15-22(29)19(5)10-25(32)33)28(36)31-23(12-26(34)35)20-11-21(14-30-13-20)27-17(3)7-6-8-18(27)4;;;/h7-9,11-12,14-17,24-25H,10,13H2,1-6H3,(H,32,36);6-8,10-11,13-16,23-24H,9,12H2,1-5H3,(H,31,36)(H,34,35);;2*1H2/q;;+1;;/p-1/t24-,25?;23-,24?;;;/m00.../s1. The minimum Gasteiger partial charge on any atom is -0.870 e. The molecular weight excluding hydrogens is 974 g/mol. The number of hydrogen-bond acceptors (Lipinski definition) is 10. The van der Waals surface area contributed by atoms with Crippen molar-refractivity contribution in [1.82, 2.24) is 29.7 Å². The molecule has 6 rings (SSSR count). The van der Waals surface area contributed by atoms with E-state index in [-0.39, 0.29) is 72.0 Å². The molecule has 4 aromatic heterocycles. The molecule has 0 fully saturated rings. The molecule has 0 saturated heterocycles. The van der Waals surface area contributed by atoms with Crippen LogP contribution in [0, 0.1) is 65.0 Å². The molecule has 0 aliphatic rings. The van der Waals surface area contributed by atoms with Crippen molar-refractivity contribution in [2.45, 2.75) is 119 Å². The number of aliphatic carboxylic acids is 1. The van der Waals surface area contributed by atoms with E-state index in [1.165, 1.54) is 33.2 Å². The topological polar surface area (TPSA) is 253 Å². The van der Waals surface area contributed by atoms with E-state index in [4.69, 9.17) is 4.74 Å². The van der Waals surface area contributed by atoms with E-state index in [2.05, 4.69) is 20.6 Å². The first-order chi connectivity index (χ1) is 34.5. The van der Waals surface area contributed by atoms with Gasteiger partial charge < -0.3 is 40.6 Å². The number of carbonyl (C=O) groups is 4. The number of methoxy groups -OCH3 is 1. The summed E-state index contributed by atoms with van der Waals surface area (Å²) in [7, 11) is 1.28. The molecular formula is C57H69F2LiN6O10. The fourth-order valence-electron chi connectivity index (χ4n) is 8.88. The number of rotatable bonds is 18. The number of esters is 1. The quantitative estimate of drug-likeness (QED) is 0.0677. The van der Waals surface area contributed by atoms with E-state index in [0.717, 1.165) is 72.1 Å². The Morgan fingerprint density at radius 2 is 0.961 bits per heavy atom. The van der Waals surface area contributed by atoms with Crippen LogP contribution < -0.4 is 40.6 Å². The zero-order valence-corrected chi connectivity index (χ0v) is 45.3. The van der Waals surface area contributed by atoms with E-state index >= 15 is 0 Å². The van der Waals surface area contributed by atoms with Crippen LogP contribution in [0.5, 0.6) is 0 Å². The minimum atomic E-state index is -1.10. The van der Waals surface area contributed by atoms with Crippen LogP contribution in [0.3, 0.4) is 0 Å². The summed E-state index contributed by atoms with van der Waals surface area (Å²) in [6.45, 7) is 18.6. The number of hydrogen-bond donors (Lipinski definition) is 3. The normalized spacial score (nSPS) is 12.3. The maximum atomic E-state index is 14.4. The first-order valence-electron chi connectivity index (χ1n) is 24.2. The molecule has 0 radical (unpaired) electrons. The molecule has 2 amide bonds. The molecule has 0 spiro atoms. The largest absolute Gasteiger partial charge is 1.00 e. The van der Waals surface area contributed by atoms with Gasteiger partial charge >= 0.3 is 30.8 Å². The Hall–Kier alpha value is -7.10. The number of carbonyl (C=O) groups excluding carboxylic acids is 3. The van der Waals surface area contributed by atoms with Crippen molar-refractivity contribution in [2.75, 3.05) is 7.11 Å². The molecule has 2 aromatic carbocycles. The third-order valence-corrected chi connectivity index (χ3v) is 12.6. The van der Waals surface area contributed by atoms with Crippen LogP contribution in [0.15, 0.2) is 107 Å². The number of aryl methyl sites for hydroxylation is 6. The number of carboxylic acids is 1. The van der Waals surface area contributed by atoms with Gasteiger partial charge in [-0.1, -0.05) is 64.1 Å². The average Bonchev–Trinajstić information content (AvgIpc) is 3.32. The van der Waals surface area contributed by atoms with E-state index in [9.17, 15) is 42.7 Å². The molecule has 6 N–H and O–H groups in total. The second-order valence-electron chi connectivity index (χ2n) is 19.4. The van der Waals surface area contributed by atoms with Crippen molar-refractivity contribution >= 4 is 23.8 Å². The van der Waals surface area contributed by atoms with Gasteiger partial charge in [-0.25, -0.2) is 8.78 Å². The molecule has 0 aliphatic carbocycles. The van der Waals surface area contributed by atoms with Crippen LogP contribution in [0.4, 0.5) is 8.78 Å². The number of nitrogens with one attached hydrogen (secondary N) is 2. The van der Waals surface area contributed by atoms with E-state index in [1.807, 2.05) is 104 Å². The van der Waals surface area contributed by atoms with Gasteiger partial charge in [0.25, 0.3) is 11.1 Å². The van der Waals surface area contributed by atoms with Gasteiger partial charge in [-0.15, -0.1) is 0 Å². The second-order valence-corrected chi connectivity index (χ2v) is 19.4. The van der Waals surface area contributed by atoms with Crippen molar-refractivity contribution in [3.05, 3.63) is 175 Å². The number of pyridine rings is 4. The Labute approximate surface area is 454 Å². The molecule has 4 heterocycles. The maximum Gasteiger partial charge on any atom is 1.00 e. The van der Waals surface area contributed by atoms with Gasteiger partial charge in [-0.2, -0.15) is 0 Å². The number of amides is 2. The van der Waals surface area contributed by atoms with Crippen molar-refractivity contribution in [2.24, 2.45) is 11.8 Å². The summed E-state index contributed by atoms with van der Waals surface area (Å²) in [6.07, 6.45) is 8.75. The summed E-state index contributed by atoms with van der Waals surface area (Å²) in [5.74, 6) is -3.77. The molecule has 402 valence electrons. The first-order valence-corrected chi connectivity index (χ1v) is 24.2. The van der Waals surface area contributed by atoms with Crippen molar-refractivity contribution < 1.29 is 67.6 Å². The van der Waals surface area contributed by atoms with Gasteiger partial charge in [0.15, 0.2) is 0 Å². The predicted molar refractivity (Wildman–Crippen MR) is 282 cm³/mol. The number of halogens is 2. The second kappa shape index (κ2) is 29.3. The smallest absolute Gasteiger partial charge is 0.870 e. The van der Waals surface area contributed by atoms with Crippen LogP contribution in [0.2, 0.25) is 0 Å². The Morgan fingerprint density at radius 1 is 0.605 bits per heavy atom. The number of nitrogens with zero attached hydrogens (tertiary/aromatic N) is 4. The van der Waals surface area contributed by atoms with Gasteiger partial charge in [0.05, 0.1) is 32.0 Å². The summed E-state index contributed by atoms with van der Waals surface area (Å²) < 4.78 is 35.8. The minimum absolute atomic E-state index is 0. The fourth-order valence-corrected chi connectivity index (χ4v) is 8.88. The van der Waals surface area contributed by atoms with Gasteiger partial charge in [0.2, 0.25) is 11.8 Å². The van der Waals surface area contributed by atoms with Crippen LogP contribution in [-0.4, -0.2) is 66.0 Å². The Balaban J connectivity index is 0.000000500. The molecule has 76 heavy (non-hydrogen) atoms. The van der Waals surface area contributed by atoms with Crippen LogP contribution >= 0.6 is 0 Å². The average molecular weight is 1040 g/mol. The molecule has 0 saturated carbocycles.